The van der Waals surface area contributed by atoms with Gasteiger partial charge in [0.2, 0.25) is 5.91 Å². The molecule has 1 aromatic carbocycles. The molecule has 1 aromatic rings. The fourth-order valence-electron chi connectivity index (χ4n) is 2.46. The number of hydrogen-bond acceptors (Lipinski definition) is 3. The van der Waals surface area contributed by atoms with Crippen LogP contribution in [0.2, 0.25) is 0 Å². The molecule has 1 amide bonds. The third-order valence-corrected chi connectivity index (χ3v) is 3.76. The van der Waals surface area contributed by atoms with Gasteiger partial charge in [0.1, 0.15) is 5.82 Å². The van der Waals surface area contributed by atoms with Gasteiger partial charge in [-0.05, 0) is 44.5 Å². The Morgan fingerprint density at radius 1 is 1.30 bits per heavy atom. The van der Waals surface area contributed by atoms with Crippen LogP contribution in [0, 0.1) is 12.7 Å². The number of rotatable bonds is 3. The maximum absolute atomic E-state index is 13.4. The van der Waals surface area contributed by atoms with E-state index >= 15 is 0 Å². The second-order valence-electron chi connectivity index (χ2n) is 5.77. The Labute approximate surface area is 119 Å². The van der Waals surface area contributed by atoms with Gasteiger partial charge in [0, 0.05) is 31.9 Å². The number of hydrogen-bond donors (Lipinski definition) is 2. The second-order valence-corrected chi connectivity index (χ2v) is 5.77. The lowest BCUT2D eigenvalue weighted by Gasteiger charge is -2.39. The molecule has 1 heterocycles. The van der Waals surface area contributed by atoms with Crippen LogP contribution in [-0.4, -0.2) is 42.5 Å². The first kappa shape index (κ1) is 14.9. The van der Waals surface area contributed by atoms with Gasteiger partial charge in [0.05, 0.1) is 5.54 Å². The zero-order chi connectivity index (χ0) is 14.8. The fourth-order valence-corrected chi connectivity index (χ4v) is 2.46. The molecule has 2 rings (SSSR count). The Balaban J connectivity index is 2.09. The standard InChI is InChI=1S/C15H22FN3O/c1-11-8-12(16)10-13(9-11)18-14(20)15(2,3)19-6-4-17-5-7-19/h8-10,17H,4-7H2,1-3H3,(H,18,20). The quantitative estimate of drug-likeness (QED) is 0.886. The van der Waals surface area contributed by atoms with Gasteiger partial charge in [-0.2, -0.15) is 0 Å². The fraction of sp³-hybridized carbons (Fsp3) is 0.533. The number of anilines is 1. The Bertz CT molecular complexity index is 476. The molecule has 1 aliphatic rings. The molecule has 1 aliphatic heterocycles. The van der Waals surface area contributed by atoms with Gasteiger partial charge in [0.15, 0.2) is 0 Å². The molecule has 0 aromatic heterocycles. The van der Waals surface area contributed by atoms with E-state index in [1.165, 1.54) is 12.1 Å². The third-order valence-electron chi connectivity index (χ3n) is 3.76. The van der Waals surface area contributed by atoms with Gasteiger partial charge < -0.3 is 10.6 Å². The Morgan fingerprint density at radius 2 is 1.95 bits per heavy atom. The lowest BCUT2D eigenvalue weighted by molar-refractivity contribution is -0.126. The highest BCUT2D eigenvalue weighted by Crippen LogP contribution is 2.19. The zero-order valence-electron chi connectivity index (χ0n) is 12.3. The van der Waals surface area contributed by atoms with E-state index in [9.17, 15) is 9.18 Å². The van der Waals surface area contributed by atoms with Crippen LogP contribution < -0.4 is 10.6 Å². The van der Waals surface area contributed by atoms with Crippen LogP contribution >= 0.6 is 0 Å². The number of carbonyl (C=O) groups is 1. The predicted octanol–water partition coefficient (Wildman–Crippen LogP) is 1.76. The van der Waals surface area contributed by atoms with Gasteiger partial charge in [0.25, 0.3) is 0 Å². The highest BCUT2D eigenvalue weighted by atomic mass is 19.1. The smallest absolute Gasteiger partial charge is 0.244 e. The molecule has 110 valence electrons. The SMILES string of the molecule is Cc1cc(F)cc(NC(=O)C(C)(C)N2CCNCC2)c1. The van der Waals surface area contributed by atoms with Gasteiger partial charge in [-0.3, -0.25) is 9.69 Å². The number of amides is 1. The van der Waals surface area contributed by atoms with Crippen molar-refractivity contribution in [1.82, 2.24) is 10.2 Å². The summed E-state index contributed by atoms with van der Waals surface area (Å²) >= 11 is 0. The number of carbonyl (C=O) groups excluding carboxylic acids is 1. The number of aryl methyl sites for hydroxylation is 1. The van der Waals surface area contributed by atoms with Crippen molar-refractivity contribution >= 4 is 11.6 Å². The minimum absolute atomic E-state index is 0.107. The van der Waals surface area contributed by atoms with Gasteiger partial charge >= 0.3 is 0 Å². The summed E-state index contributed by atoms with van der Waals surface area (Å²) in [5, 5.41) is 6.09. The Hall–Kier alpha value is -1.46. The first-order valence-corrected chi connectivity index (χ1v) is 6.94. The van der Waals surface area contributed by atoms with E-state index < -0.39 is 5.54 Å². The number of piperazine rings is 1. The highest BCUT2D eigenvalue weighted by molar-refractivity contribution is 5.97. The normalized spacial score (nSPS) is 17.0. The largest absolute Gasteiger partial charge is 0.324 e. The van der Waals surface area contributed by atoms with Crippen molar-refractivity contribution in [2.45, 2.75) is 26.3 Å². The van der Waals surface area contributed by atoms with Crippen LogP contribution in [0.25, 0.3) is 0 Å². The molecular weight excluding hydrogens is 257 g/mol. The monoisotopic (exact) mass is 279 g/mol. The summed E-state index contributed by atoms with van der Waals surface area (Å²) in [6.07, 6.45) is 0. The van der Waals surface area contributed by atoms with Crippen molar-refractivity contribution in [3.05, 3.63) is 29.6 Å². The molecule has 2 N–H and O–H groups in total. The van der Waals surface area contributed by atoms with Crippen LogP contribution in [0.5, 0.6) is 0 Å². The molecule has 0 bridgehead atoms. The third kappa shape index (κ3) is 3.35. The molecule has 1 fully saturated rings. The Morgan fingerprint density at radius 3 is 2.55 bits per heavy atom. The number of nitrogens with one attached hydrogen (secondary N) is 2. The van der Waals surface area contributed by atoms with Gasteiger partial charge in [-0.1, -0.05) is 0 Å². The van der Waals surface area contributed by atoms with Crippen LogP contribution in [0.15, 0.2) is 18.2 Å². The lowest BCUT2D eigenvalue weighted by atomic mass is 10.00. The summed E-state index contributed by atoms with van der Waals surface area (Å²) in [4.78, 5) is 14.6. The molecule has 0 atom stereocenters. The topological polar surface area (TPSA) is 44.4 Å². The van der Waals surface area contributed by atoms with E-state index in [-0.39, 0.29) is 11.7 Å². The van der Waals surface area contributed by atoms with Crippen LogP contribution in [-0.2, 0) is 4.79 Å². The van der Waals surface area contributed by atoms with E-state index in [0.717, 1.165) is 31.7 Å². The maximum Gasteiger partial charge on any atom is 0.244 e. The van der Waals surface area contributed by atoms with Crippen molar-refractivity contribution < 1.29 is 9.18 Å². The number of nitrogens with zero attached hydrogens (tertiary/aromatic N) is 1. The minimum Gasteiger partial charge on any atom is -0.324 e. The van der Waals surface area contributed by atoms with Gasteiger partial charge in [-0.15, -0.1) is 0 Å². The first-order valence-electron chi connectivity index (χ1n) is 6.94. The second kappa shape index (κ2) is 5.89. The number of benzene rings is 1. The summed E-state index contributed by atoms with van der Waals surface area (Å²) in [5.41, 5.74) is 0.693. The van der Waals surface area contributed by atoms with E-state index in [4.69, 9.17) is 0 Å². The van der Waals surface area contributed by atoms with E-state index in [2.05, 4.69) is 15.5 Å². The molecular formula is C15H22FN3O. The average molecular weight is 279 g/mol. The molecule has 1 saturated heterocycles. The Kier molecular flexibility index (Phi) is 4.40. The van der Waals surface area contributed by atoms with E-state index in [0.29, 0.717) is 5.69 Å². The first-order chi connectivity index (χ1) is 9.39. The average Bonchev–Trinajstić information content (AvgIpc) is 2.38. The summed E-state index contributed by atoms with van der Waals surface area (Å²) in [6, 6.07) is 4.56. The van der Waals surface area contributed by atoms with Gasteiger partial charge in [-0.25, -0.2) is 4.39 Å². The van der Waals surface area contributed by atoms with Crippen LogP contribution in [0.4, 0.5) is 10.1 Å². The molecule has 20 heavy (non-hydrogen) atoms. The zero-order valence-corrected chi connectivity index (χ0v) is 12.3. The number of halogens is 1. The molecule has 0 spiro atoms. The van der Waals surface area contributed by atoms with Crippen molar-refractivity contribution in [1.29, 1.82) is 0 Å². The van der Waals surface area contributed by atoms with Crippen molar-refractivity contribution in [3.63, 3.8) is 0 Å². The predicted molar refractivity (Wildman–Crippen MR) is 78.3 cm³/mol. The summed E-state index contributed by atoms with van der Waals surface area (Å²) in [6.45, 7) is 9.05. The van der Waals surface area contributed by atoms with E-state index in [1.54, 1.807) is 13.0 Å². The van der Waals surface area contributed by atoms with Crippen LogP contribution in [0.3, 0.4) is 0 Å². The lowest BCUT2D eigenvalue weighted by Crippen LogP contribution is -2.58. The van der Waals surface area contributed by atoms with E-state index in [1.807, 2.05) is 13.8 Å². The van der Waals surface area contributed by atoms with Crippen LogP contribution in [0.1, 0.15) is 19.4 Å². The van der Waals surface area contributed by atoms with Crippen molar-refractivity contribution in [2.75, 3.05) is 31.5 Å². The minimum atomic E-state index is -0.609. The van der Waals surface area contributed by atoms with Crippen molar-refractivity contribution in [3.8, 4) is 0 Å². The molecule has 0 saturated carbocycles. The summed E-state index contributed by atoms with van der Waals surface area (Å²) in [5.74, 6) is -0.440. The summed E-state index contributed by atoms with van der Waals surface area (Å²) < 4.78 is 13.4. The van der Waals surface area contributed by atoms with Crippen molar-refractivity contribution in [2.24, 2.45) is 0 Å². The molecule has 0 unspecified atom stereocenters. The maximum atomic E-state index is 13.4. The molecule has 0 aliphatic carbocycles. The molecule has 0 radical (unpaired) electrons. The summed E-state index contributed by atoms with van der Waals surface area (Å²) in [7, 11) is 0. The highest BCUT2D eigenvalue weighted by Gasteiger charge is 2.35. The molecule has 4 nitrogen and oxygen atoms in total. The molecule has 5 heteroatoms.